The van der Waals surface area contributed by atoms with Crippen LogP contribution < -0.4 is 10.5 Å². The average molecular weight is 405 g/mol. The molecule has 4 heterocycles. The Morgan fingerprint density at radius 2 is 1.90 bits per heavy atom. The van der Waals surface area contributed by atoms with Crippen molar-refractivity contribution in [2.24, 2.45) is 5.92 Å². The van der Waals surface area contributed by atoms with Gasteiger partial charge in [0.2, 0.25) is 0 Å². The highest BCUT2D eigenvalue weighted by Gasteiger charge is 2.33. The van der Waals surface area contributed by atoms with E-state index < -0.39 is 17.4 Å². The lowest BCUT2D eigenvalue weighted by Crippen LogP contribution is -2.37. The monoisotopic (exact) mass is 405 g/mol. The van der Waals surface area contributed by atoms with E-state index in [1.54, 1.807) is 35.5 Å². The van der Waals surface area contributed by atoms with Crippen LogP contribution >= 0.6 is 0 Å². The molecule has 8 nitrogen and oxygen atoms in total. The second-order valence-electron chi connectivity index (χ2n) is 6.88. The largest absolute Gasteiger partial charge is 0.433 e. The van der Waals surface area contributed by atoms with Gasteiger partial charge in [0.15, 0.2) is 11.5 Å². The highest BCUT2D eigenvalue weighted by Crippen LogP contribution is 2.26. The molecule has 29 heavy (non-hydrogen) atoms. The first kappa shape index (κ1) is 19.1. The summed E-state index contributed by atoms with van der Waals surface area (Å²) in [6, 6.07) is 2.35. The van der Waals surface area contributed by atoms with Crippen LogP contribution in [0.25, 0.3) is 5.82 Å². The topological polar surface area (TPSA) is 81.7 Å². The molecular formula is C18H18F3N7O. The van der Waals surface area contributed by atoms with Crippen molar-refractivity contribution in [3.63, 3.8) is 0 Å². The van der Waals surface area contributed by atoms with Gasteiger partial charge in [-0.25, -0.2) is 14.6 Å². The molecule has 0 atom stereocenters. The quantitative estimate of drug-likeness (QED) is 0.662. The van der Waals surface area contributed by atoms with Crippen LogP contribution in [0.4, 0.5) is 19.0 Å². The van der Waals surface area contributed by atoms with Gasteiger partial charge < -0.3 is 4.90 Å². The summed E-state index contributed by atoms with van der Waals surface area (Å²) in [5.41, 5.74) is -1.85. The number of alkyl halides is 3. The number of anilines is 1. The van der Waals surface area contributed by atoms with E-state index in [-0.39, 0.29) is 5.92 Å². The third-order valence-electron chi connectivity index (χ3n) is 4.91. The van der Waals surface area contributed by atoms with Crippen LogP contribution in [-0.4, -0.2) is 42.4 Å². The van der Waals surface area contributed by atoms with Gasteiger partial charge in [0.05, 0.1) is 18.7 Å². The van der Waals surface area contributed by atoms with Crippen LogP contribution in [-0.2, 0) is 12.7 Å². The van der Waals surface area contributed by atoms with Gasteiger partial charge in [-0.1, -0.05) is 0 Å². The van der Waals surface area contributed by atoms with E-state index in [4.69, 9.17) is 0 Å². The fourth-order valence-corrected chi connectivity index (χ4v) is 3.35. The Hall–Kier alpha value is -3.24. The Morgan fingerprint density at radius 1 is 1.14 bits per heavy atom. The Labute approximate surface area is 163 Å². The Kier molecular flexibility index (Phi) is 5.03. The van der Waals surface area contributed by atoms with Crippen molar-refractivity contribution in [1.82, 2.24) is 29.3 Å². The minimum atomic E-state index is -4.62. The van der Waals surface area contributed by atoms with Gasteiger partial charge >= 0.3 is 6.18 Å². The van der Waals surface area contributed by atoms with Crippen molar-refractivity contribution in [2.45, 2.75) is 25.6 Å². The minimum absolute atomic E-state index is 0.171. The van der Waals surface area contributed by atoms with Crippen LogP contribution in [0.1, 0.15) is 18.5 Å². The van der Waals surface area contributed by atoms with Crippen LogP contribution in [0.15, 0.2) is 48.0 Å². The molecule has 152 valence electrons. The van der Waals surface area contributed by atoms with Gasteiger partial charge in [0.25, 0.3) is 5.56 Å². The van der Waals surface area contributed by atoms with Crippen molar-refractivity contribution >= 4 is 5.82 Å². The normalized spacial score (nSPS) is 15.6. The molecule has 0 saturated carbocycles. The van der Waals surface area contributed by atoms with E-state index >= 15 is 0 Å². The zero-order chi connectivity index (χ0) is 20.4. The molecule has 1 fully saturated rings. The molecule has 0 amide bonds. The molecule has 3 aromatic heterocycles. The zero-order valence-corrected chi connectivity index (χ0v) is 15.3. The maximum Gasteiger partial charge on any atom is 0.433 e. The average Bonchev–Trinajstić information content (AvgIpc) is 3.24. The third kappa shape index (κ3) is 4.28. The fourth-order valence-electron chi connectivity index (χ4n) is 3.35. The summed E-state index contributed by atoms with van der Waals surface area (Å²) in [4.78, 5) is 26.3. The van der Waals surface area contributed by atoms with Gasteiger partial charge in [-0.15, -0.1) is 0 Å². The lowest BCUT2D eigenvalue weighted by atomic mass is 9.97. The predicted molar refractivity (Wildman–Crippen MR) is 97.6 cm³/mol. The van der Waals surface area contributed by atoms with E-state index in [1.165, 1.54) is 4.57 Å². The lowest BCUT2D eigenvalue weighted by molar-refractivity contribution is -0.141. The highest BCUT2D eigenvalue weighted by molar-refractivity contribution is 5.39. The molecule has 0 radical (unpaired) electrons. The highest BCUT2D eigenvalue weighted by atomic mass is 19.4. The maximum atomic E-state index is 12.6. The second kappa shape index (κ2) is 7.64. The summed E-state index contributed by atoms with van der Waals surface area (Å²) in [6.45, 7) is 1.77. The summed E-state index contributed by atoms with van der Waals surface area (Å²) in [5.74, 6) is 1.53. The third-order valence-corrected chi connectivity index (χ3v) is 4.91. The second-order valence-corrected chi connectivity index (χ2v) is 6.88. The maximum absolute atomic E-state index is 12.6. The minimum Gasteiger partial charge on any atom is -0.355 e. The molecule has 4 rings (SSSR count). The van der Waals surface area contributed by atoms with Crippen LogP contribution in [0, 0.1) is 5.92 Å². The molecule has 1 aliphatic rings. The molecular weight excluding hydrogens is 387 g/mol. The first-order valence-electron chi connectivity index (χ1n) is 9.11. The van der Waals surface area contributed by atoms with E-state index in [0.717, 1.165) is 25.0 Å². The Morgan fingerprint density at radius 3 is 2.55 bits per heavy atom. The molecule has 0 N–H and O–H groups in total. The van der Waals surface area contributed by atoms with Gasteiger partial charge in [-0.05, 0) is 24.8 Å². The number of hydrogen-bond acceptors (Lipinski definition) is 6. The van der Waals surface area contributed by atoms with Gasteiger partial charge in [0.1, 0.15) is 5.82 Å². The zero-order valence-electron chi connectivity index (χ0n) is 15.3. The van der Waals surface area contributed by atoms with Crippen molar-refractivity contribution < 1.29 is 13.2 Å². The molecule has 0 spiro atoms. The van der Waals surface area contributed by atoms with Crippen LogP contribution in [0.3, 0.4) is 0 Å². The standard InChI is InChI=1S/C18H18F3N7O/c19-18(20,21)14-8-17(29)27(12-23-14)11-13-2-6-26(7-3-13)15-9-22-10-16(25-15)28-5-1-4-24-28/h1,4-5,8-10,12-13H,2-3,6-7,11H2. The van der Waals surface area contributed by atoms with E-state index in [2.05, 4.69) is 25.0 Å². The number of halogens is 3. The predicted octanol–water partition coefficient (Wildman–Crippen LogP) is 2.15. The summed E-state index contributed by atoms with van der Waals surface area (Å²) < 4.78 is 40.8. The summed E-state index contributed by atoms with van der Waals surface area (Å²) >= 11 is 0. The summed E-state index contributed by atoms with van der Waals surface area (Å²) in [7, 11) is 0. The summed E-state index contributed by atoms with van der Waals surface area (Å²) in [5, 5.41) is 4.15. The van der Waals surface area contributed by atoms with Gasteiger partial charge in [-0.3, -0.25) is 14.3 Å². The van der Waals surface area contributed by atoms with E-state index in [9.17, 15) is 18.0 Å². The Balaban J connectivity index is 1.39. The van der Waals surface area contributed by atoms with E-state index in [1.807, 2.05) is 0 Å². The number of nitrogens with zero attached hydrogens (tertiary/aromatic N) is 7. The summed E-state index contributed by atoms with van der Waals surface area (Å²) in [6.07, 6.45) is 4.70. The molecule has 0 bridgehead atoms. The van der Waals surface area contributed by atoms with Crippen LogP contribution in [0.2, 0.25) is 0 Å². The van der Waals surface area contributed by atoms with Crippen molar-refractivity contribution in [2.75, 3.05) is 18.0 Å². The number of rotatable bonds is 4. The van der Waals surface area contributed by atoms with Crippen molar-refractivity contribution in [3.05, 3.63) is 59.3 Å². The molecule has 0 unspecified atom stereocenters. The Bertz CT molecular complexity index is 1020. The molecule has 1 aliphatic heterocycles. The molecule has 0 aliphatic carbocycles. The first-order valence-corrected chi connectivity index (χ1v) is 9.11. The van der Waals surface area contributed by atoms with Crippen molar-refractivity contribution in [3.8, 4) is 5.82 Å². The van der Waals surface area contributed by atoms with Gasteiger partial charge in [0, 0.05) is 38.1 Å². The molecule has 3 aromatic rings. The lowest BCUT2D eigenvalue weighted by Gasteiger charge is -2.32. The van der Waals surface area contributed by atoms with Crippen LogP contribution in [0.5, 0.6) is 0 Å². The molecule has 11 heteroatoms. The number of hydrogen-bond donors (Lipinski definition) is 0. The molecule has 1 saturated heterocycles. The number of aromatic nitrogens is 6. The molecule has 0 aromatic carbocycles. The van der Waals surface area contributed by atoms with Gasteiger partial charge in [-0.2, -0.15) is 18.3 Å². The van der Waals surface area contributed by atoms with E-state index in [0.29, 0.717) is 31.5 Å². The smallest absolute Gasteiger partial charge is 0.355 e. The first-order chi connectivity index (χ1) is 13.9. The number of piperidine rings is 1. The van der Waals surface area contributed by atoms with Crippen molar-refractivity contribution in [1.29, 1.82) is 0 Å². The fraction of sp³-hybridized carbons (Fsp3) is 0.389. The SMILES string of the molecule is O=c1cc(C(F)(F)F)ncn1CC1CCN(c2cncc(-n3cccn3)n2)CC1.